The Bertz CT molecular complexity index is 683. The van der Waals surface area contributed by atoms with Gasteiger partial charge in [0.1, 0.15) is 0 Å². The topological polar surface area (TPSA) is 107 Å². The molecule has 0 aliphatic carbocycles. The van der Waals surface area contributed by atoms with Gasteiger partial charge >= 0.3 is 5.69 Å². The highest BCUT2D eigenvalue weighted by atomic mass is 16.6. The van der Waals surface area contributed by atoms with Crippen molar-refractivity contribution in [2.24, 2.45) is 0 Å². The molecule has 0 fully saturated rings. The molecule has 7 nitrogen and oxygen atoms in total. The zero-order chi connectivity index (χ0) is 15.4. The second-order valence-corrected chi connectivity index (χ2v) is 4.22. The molecule has 0 spiro atoms. The lowest BCUT2D eigenvalue weighted by atomic mass is 10.1. The van der Waals surface area contributed by atoms with Crippen LogP contribution in [0.15, 0.2) is 42.5 Å². The summed E-state index contributed by atoms with van der Waals surface area (Å²) in [6.07, 6.45) is 0. The van der Waals surface area contributed by atoms with Gasteiger partial charge < -0.3 is 15.8 Å². The Hall–Kier alpha value is -3.09. The standard InChI is InChI=1S/C14H13N3O4/c1-21-13-7-2-9(8-12(13)17(19)20)14(18)16-11-5-3-10(15)4-6-11/h2-8H,15H2,1H3,(H,16,18). The quantitative estimate of drug-likeness (QED) is 0.510. The van der Waals surface area contributed by atoms with E-state index in [1.165, 1.54) is 25.3 Å². The SMILES string of the molecule is COc1ccc(C(=O)Nc2ccc(N)cc2)cc1[N+](=O)[O-]. The van der Waals surface area contributed by atoms with Crippen molar-refractivity contribution in [2.45, 2.75) is 0 Å². The van der Waals surface area contributed by atoms with E-state index in [1.54, 1.807) is 24.3 Å². The third-order valence-electron chi connectivity index (χ3n) is 2.81. The summed E-state index contributed by atoms with van der Waals surface area (Å²) in [6, 6.07) is 10.6. The second-order valence-electron chi connectivity index (χ2n) is 4.22. The fourth-order valence-electron chi connectivity index (χ4n) is 1.74. The van der Waals surface area contributed by atoms with Crippen molar-refractivity contribution < 1.29 is 14.5 Å². The molecule has 0 atom stereocenters. The number of hydrogen-bond acceptors (Lipinski definition) is 5. The van der Waals surface area contributed by atoms with Crippen LogP contribution in [0, 0.1) is 10.1 Å². The van der Waals surface area contributed by atoms with E-state index >= 15 is 0 Å². The molecule has 0 unspecified atom stereocenters. The van der Waals surface area contributed by atoms with E-state index in [0.717, 1.165) is 0 Å². The third-order valence-corrected chi connectivity index (χ3v) is 2.81. The first-order chi connectivity index (χ1) is 10.0. The minimum Gasteiger partial charge on any atom is -0.490 e. The lowest BCUT2D eigenvalue weighted by Gasteiger charge is -2.07. The summed E-state index contributed by atoms with van der Waals surface area (Å²) in [5.41, 5.74) is 6.58. The molecular formula is C14H13N3O4. The van der Waals surface area contributed by atoms with Crippen molar-refractivity contribution in [1.29, 1.82) is 0 Å². The molecule has 7 heteroatoms. The van der Waals surface area contributed by atoms with Gasteiger partial charge in [-0.3, -0.25) is 14.9 Å². The van der Waals surface area contributed by atoms with Crippen molar-refractivity contribution in [1.82, 2.24) is 0 Å². The maximum atomic E-state index is 12.1. The number of benzene rings is 2. The molecule has 21 heavy (non-hydrogen) atoms. The van der Waals surface area contributed by atoms with Crippen LogP contribution in [0.2, 0.25) is 0 Å². The maximum absolute atomic E-state index is 12.1. The van der Waals surface area contributed by atoms with Gasteiger partial charge in [-0.1, -0.05) is 0 Å². The average Bonchev–Trinajstić information content (AvgIpc) is 2.48. The van der Waals surface area contributed by atoms with Gasteiger partial charge in [-0.2, -0.15) is 0 Å². The van der Waals surface area contributed by atoms with E-state index in [2.05, 4.69) is 5.32 Å². The molecule has 3 N–H and O–H groups in total. The van der Waals surface area contributed by atoms with E-state index in [1.807, 2.05) is 0 Å². The van der Waals surface area contributed by atoms with Gasteiger partial charge in [0, 0.05) is 23.0 Å². The number of nitrogen functional groups attached to an aromatic ring is 1. The molecule has 2 aromatic carbocycles. The van der Waals surface area contributed by atoms with Crippen molar-refractivity contribution in [2.75, 3.05) is 18.2 Å². The molecule has 0 aromatic heterocycles. The van der Waals surface area contributed by atoms with Gasteiger partial charge in [-0.05, 0) is 36.4 Å². The van der Waals surface area contributed by atoms with Gasteiger partial charge in [0.15, 0.2) is 5.75 Å². The molecule has 0 aliphatic heterocycles. The largest absolute Gasteiger partial charge is 0.490 e. The average molecular weight is 287 g/mol. The number of amides is 1. The number of nitro benzene ring substituents is 1. The predicted molar refractivity (Wildman–Crippen MR) is 78.5 cm³/mol. The van der Waals surface area contributed by atoms with Gasteiger partial charge in [0.25, 0.3) is 5.91 Å². The Morgan fingerprint density at radius 1 is 1.24 bits per heavy atom. The summed E-state index contributed by atoms with van der Waals surface area (Å²) < 4.78 is 4.89. The van der Waals surface area contributed by atoms with Gasteiger partial charge in [0.05, 0.1) is 12.0 Å². The number of nitrogens with zero attached hydrogens (tertiary/aromatic N) is 1. The van der Waals surface area contributed by atoms with E-state index in [0.29, 0.717) is 11.4 Å². The lowest BCUT2D eigenvalue weighted by molar-refractivity contribution is -0.385. The van der Waals surface area contributed by atoms with Crippen LogP contribution in [0.1, 0.15) is 10.4 Å². The van der Waals surface area contributed by atoms with Crippen LogP contribution in [0.3, 0.4) is 0 Å². The summed E-state index contributed by atoms with van der Waals surface area (Å²) in [5.74, 6) is -0.352. The van der Waals surface area contributed by atoms with Gasteiger partial charge in [-0.15, -0.1) is 0 Å². The number of nitro groups is 1. The minimum atomic E-state index is -0.598. The first-order valence-electron chi connectivity index (χ1n) is 6.00. The third kappa shape index (κ3) is 3.27. The predicted octanol–water partition coefficient (Wildman–Crippen LogP) is 2.44. The number of hydrogen-bond donors (Lipinski definition) is 2. The molecule has 0 aliphatic rings. The highest BCUT2D eigenvalue weighted by Gasteiger charge is 2.18. The fraction of sp³-hybridized carbons (Fsp3) is 0.0714. The summed E-state index contributed by atoms with van der Waals surface area (Å²) in [6.45, 7) is 0. The number of nitrogens with two attached hydrogens (primary N) is 1. The molecule has 108 valence electrons. The number of nitrogens with one attached hydrogen (secondary N) is 1. The summed E-state index contributed by atoms with van der Waals surface area (Å²) in [5, 5.41) is 13.6. The Kier molecular flexibility index (Phi) is 4.03. The molecule has 0 saturated carbocycles. The summed E-state index contributed by atoms with van der Waals surface area (Å²) in [4.78, 5) is 22.4. The van der Waals surface area contributed by atoms with E-state index in [4.69, 9.17) is 10.5 Å². The van der Waals surface area contributed by atoms with Crippen molar-refractivity contribution in [3.05, 3.63) is 58.1 Å². The van der Waals surface area contributed by atoms with E-state index < -0.39 is 10.8 Å². The zero-order valence-electron chi connectivity index (χ0n) is 11.2. The fourth-order valence-corrected chi connectivity index (χ4v) is 1.74. The number of carbonyl (C=O) groups is 1. The number of methoxy groups -OCH3 is 1. The smallest absolute Gasteiger partial charge is 0.311 e. The molecular weight excluding hydrogens is 274 g/mol. The molecule has 0 radical (unpaired) electrons. The number of rotatable bonds is 4. The van der Waals surface area contributed by atoms with Crippen LogP contribution >= 0.6 is 0 Å². The summed E-state index contributed by atoms with van der Waals surface area (Å²) in [7, 11) is 1.33. The van der Waals surface area contributed by atoms with Crippen LogP contribution in [0.25, 0.3) is 0 Å². The minimum absolute atomic E-state index is 0.101. The molecule has 0 saturated heterocycles. The molecule has 2 aromatic rings. The van der Waals surface area contributed by atoms with Crippen molar-refractivity contribution in [3.8, 4) is 5.75 Å². The monoisotopic (exact) mass is 287 g/mol. The van der Waals surface area contributed by atoms with Crippen LogP contribution in [0.5, 0.6) is 5.75 Å². The summed E-state index contributed by atoms with van der Waals surface area (Å²) >= 11 is 0. The maximum Gasteiger partial charge on any atom is 0.311 e. The van der Waals surface area contributed by atoms with Gasteiger partial charge in [0.2, 0.25) is 0 Å². The molecule has 0 heterocycles. The van der Waals surface area contributed by atoms with Crippen LogP contribution in [-0.2, 0) is 0 Å². The first kappa shape index (κ1) is 14.3. The Morgan fingerprint density at radius 2 is 1.90 bits per heavy atom. The first-order valence-corrected chi connectivity index (χ1v) is 6.00. The lowest BCUT2D eigenvalue weighted by Crippen LogP contribution is -2.12. The van der Waals surface area contributed by atoms with E-state index in [9.17, 15) is 14.9 Å². The zero-order valence-corrected chi connectivity index (χ0v) is 11.2. The highest BCUT2D eigenvalue weighted by Crippen LogP contribution is 2.27. The van der Waals surface area contributed by atoms with Crippen LogP contribution < -0.4 is 15.8 Å². The molecule has 2 rings (SSSR count). The van der Waals surface area contributed by atoms with Crippen LogP contribution in [-0.4, -0.2) is 17.9 Å². The van der Waals surface area contributed by atoms with Gasteiger partial charge in [-0.25, -0.2) is 0 Å². The van der Waals surface area contributed by atoms with Crippen LogP contribution in [0.4, 0.5) is 17.1 Å². The van der Waals surface area contributed by atoms with Crippen molar-refractivity contribution in [3.63, 3.8) is 0 Å². The number of carbonyl (C=O) groups excluding carboxylic acids is 1. The van der Waals surface area contributed by atoms with E-state index in [-0.39, 0.29) is 17.0 Å². The second kappa shape index (κ2) is 5.91. The molecule has 0 bridgehead atoms. The number of ether oxygens (including phenoxy) is 1. The van der Waals surface area contributed by atoms with Crippen molar-refractivity contribution >= 4 is 23.0 Å². The highest BCUT2D eigenvalue weighted by molar-refractivity contribution is 6.04. The normalized spacial score (nSPS) is 9.95. The molecule has 1 amide bonds. The number of anilines is 2. The Labute approximate surface area is 120 Å². The Morgan fingerprint density at radius 3 is 2.48 bits per heavy atom. The Balaban J connectivity index is 2.25.